The molecule has 1 saturated carbocycles. The molecule has 0 saturated heterocycles. The Morgan fingerprint density at radius 2 is 1.95 bits per heavy atom. The summed E-state index contributed by atoms with van der Waals surface area (Å²) in [6.07, 6.45) is 5.28. The molecule has 0 atom stereocenters. The minimum Gasteiger partial charge on any atom is -0.371 e. The molecule has 2 nitrogen and oxygen atoms in total. The van der Waals surface area contributed by atoms with E-state index >= 15 is 0 Å². The van der Waals surface area contributed by atoms with Gasteiger partial charge in [-0.25, -0.2) is 0 Å². The molecule has 0 aliphatic heterocycles. The SMILES string of the molecule is CCCNCc1ccccc1N(CCC)CC1CC1. The Kier molecular flexibility index (Phi) is 5.71. The van der Waals surface area contributed by atoms with E-state index in [1.165, 1.54) is 50.0 Å². The average molecular weight is 260 g/mol. The van der Waals surface area contributed by atoms with Gasteiger partial charge < -0.3 is 10.2 Å². The second-order valence-corrected chi connectivity index (χ2v) is 5.69. The summed E-state index contributed by atoms with van der Waals surface area (Å²) in [6.45, 7) is 9.02. The lowest BCUT2D eigenvalue weighted by molar-refractivity contribution is 0.664. The average Bonchev–Trinajstić information content (AvgIpc) is 3.23. The molecule has 0 aromatic heterocycles. The van der Waals surface area contributed by atoms with E-state index in [1.807, 2.05) is 0 Å². The van der Waals surface area contributed by atoms with E-state index in [0.717, 1.165) is 19.0 Å². The Balaban J connectivity index is 2.05. The molecule has 0 heterocycles. The van der Waals surface area contributed by atoms with E-state index in [2.05, 4.69) is 48.3 Å². The summed E-state index contributed by atoms with van der Waals surface area (Å²) in [6, 6.07) is 8.90. The van der Waals surface area contributed by atoms with Crippen LogP contribution in [-0.2, 0) is 6.54 Å². The highest BCUT2D eigenvalue weighted by Gasteiger charge is 2.24. The van der Waals surface area contributed by atoms with Gasteiger partial charge in [0, 0.05) is 25.3 Å². The zero-order valence-electron chi connectivity index (χ0n) is 12.5. The zero-order valence-corrected chi connectivity index (χ0v) is 12.5. The first-order valence-corrected chi connectivity index (χ1v) is 7.88. The Bertz CT molecular complexity index is 371. The van der Waals surface area contributed by atoms with Gasteiger partial charge in [0.2, 0.25) is 0 Å². The highest BCUT2D eigenvalue weighted by Crippen LogP contribution is 2.32. The second kappa shape index (κ2) is 7.54. The van der Waals surface area contributed by atoms with Crippen LogP contribution in [0.2, 0.25) is 0 Å². The van der Waals surface area contributed by atoms with Crippen molar-refractivity contribution in [3.05, 3.63) is 29.8 Å². The van der Waals surface area contributed by atoms with Crippen molar-refractivity contribution in [3.8, 4) is 0 Å². The topological polar surface area (TPSA) is 15.3 Å². The lowest BCUT2D eigenvalue weighted by atomic mass is 10.1. The second-order valence-electron chi connectivity index (χ2n) is 5.69. The number of hydrogen-bond acceptors (Lipinski definition) is 2. The van der Waals surface area contributed by atoms with Crippen molar-refractivity contribution in [2.45, 2.75) is 46.1 Å². The highest BCUT2D eigenvalue weighted by atomic mass is 15.1. The third-order valence-electron chi connectivity index (χ3n) is 3.74. The summed E-state index contributed by atoms with van der Waals surface area (Å²) in [5.74, 6) is 0.947. The van der Waals surface area contributed by atoms with Crippen LogP contribution in [0.1, 0.15) is 45.1 Å². The molecule has 19 heavy (non-hydrogen) atoms. The van der Waals surface area contributed by atoms with Gasteiger partial charge in [-0.1, -0.05) is 32.0 Å². The maximum absolute atomic E-state index is 3.53. The van der Waals surface area contributed by atoms with E-state index in [9.17, 15) is 0 Å². The minimum absolute atomic E-state index is 0.947. The lowest BCUT2D eigenvalue weighted by Gasteiger charge is -2.27. The molecule has 0 unspecified atom stereocenters. The van der Waals surface area contributed by atoms with Crippen molar-refractivity contribution in [2.75, 3.05) is 24.5 Å². The fraction of sp³-hybridized carbons (Fsp3) is 0.647. The van der Waals surface area contributed by atoms with Gasteiger partial charge in [0.25, 0.3) is 0 Å². The van der Waals surface area contributed by atoms with Crippen molar-refractivity contribution in [1.82, 2.24) is 5.32 Å². The van der Waals surface area contributed by atoms with Gasteiger partial charge in [-0.15, -0.1) is 0 Å². The number of nitrogens with one attached hydrogen (secondary N) is 1. The van der Waals surface area contributed by atoms with Crippen LogP contribution in [0.15, 0.2) is 24.3 Å². The number of anilines is 1. The number of hydrogen-bond donors (Lipinski definition) is 1. The van der Waals surface area contributed by atoms with Crippen LogP contribution in [0.25, 0.3) is 0 Å². The van der Waals surface area contributed by atoms with Crippen LogP contribution in [-0.4, -0.2) is 19.6 Å². The Hall–Kier alpha value is -1.02. The van der Waals surface area contributed by atoms with E-state index in [1.54, 1.807) is 0 Å². The third kappa shape index (κ3) is 4.54. The normalized spacial score (nSPS) is 14.6. The Labute approximate surface area is 118 Å². The van der Waals surface area contributed by atoms with E-state index in [4.69, 9.17) is 0 Å². The van der Waals surface area contributed by atoms with Crippen LogP contribution >= 0.6 is 0 Å². The van der Waals surface area contributed by atoms with E-state index < -0.39 is 0 Å². The van der Waals surface area contributed by atoms with Gasteiger partial charge in [0.1, 0.15) is 0 Å². The standard InChI is InChI=1S/C17H28N2/c1-3-11-18-13-16-7-5-6-8-17(16)19(12-4-2)14-15-9-10-15/h5-8,15,18H,3-4,9-14H2,1-2H3. The molecule has 2 rings (SSSR count). The fourth-order valence-corrected chi connectivity index (χ4v) is 2.56. The molecule has 0 bridgehead atoms. The molecular formula is C17H28N2. The summed E-state index contributed by atoms with van der Waals surface area (Å²) in [5, 5.41) is 3.53. The van der Waals surface area contributed by atoms with Crippen molar-refractivity contribution in [2.24, 2.45) is 5.92 Å². The Morgan fingerprint density at radius 3 is 2.63 bits per heavy atom. The summed E-state index contributed by atoms with van der Waals surface area (Å²) < 4.78 is 0. The first-order valence-electron chi connectivity index (χ1n) is 7.88. The van der Waals surface area contributed by atoms with Crippen LogP contribution in [0.5, 0.6) is 0 Å². The van der Waals surface area contributed by atoms with Gasteiger partial charge in [0.05, 0.1) is 0 Å². The van der Waals surface area contributed by atoms with Crippen LogP contribution in [0.3, 0.4) is 0 Å². The summed E-state index contributed by atoms with van der Waals surface area (Å²) in [7, 11) is 0. The first-order chi connectivity index (χ1) is 9.35. The van der Waals surface area contributed by atoms with Crippen molar-refractivity contribution in [3.63, 3.8) is 0 Å². The molecule has 1 aromatic carbocycles. The number of para-hydroxylation sites is 1. The molecule has 1 aliphatic rings. The monoisotopic (exact) mass is 260 g/mol. The summed E-state index contributed by atoms with van der Waals surface area (Å²) in [5.41, 5.74) is 2.89. The lowest BCUT2D eigenvalue weighted by Crippen LogP contribution is -2.28. The minimum atomic E-state index is 0.947. The van der Waals surface area contributed by atoms with Crippen LogP contribution in [0.4, 0.5) is 5.69 Å². The smallest absolute Gasteiger partial charge is 0.0411 e. The molecule has 106 valence electrons. The number of nitrogens with zero attached hydrogens (tertiary/aromatic N) is 1. The molecule has 0 spiro atoms. The molecule has 1 fully saturated rings. The quantitative estimate of drug-likeness (QED) is 0.679. The van der Waals surface area contributed by atoms with E-state index in [0.29, 0.717) is 0 Å². The Morgan fingerprint density at radius 1 is 1.16 bits per heavy atom. The predicted molar refractivity (Wildman–Crippen MR) is 83.7 cm³/mol. The maximum atomic E-state index is 3.53. The fourth-order valence-electron chi connectivity index (χ4n) is 2.56. The molecule has 0 amide bonds. The molecule has 1 N–H and O–H groups in total. The number of rotatable bonds is 9. The van der Waals surface area contributed by atoms with Gasteiger partial charge in [-0.2, -0.15) is 0 Å². The van der Waals surface area contributed by atoms with Gasteiger partial charge in [-0.05, 0) is 49.8 Å². The molecule has 1 aromatic rings. The van der Waals surface area contributed by atoms with Crippen molar-refractivity contribution in [1.29, 1.82) is 0 Å². The molecule has 1 aliphatic carbocycles. The molecule has 0 radical (unpaired) electrons. The van der Waals surface area contributed by atoms with Gasteiger partial charge in [0.15, 0.2) is 0 Å². The first kappa shape index (κ1) is 14.4. The predicted octanol–water partition coefficient (Wildman–Crippen LogP) is 3.81. The van der Waals surface area contributed by atoms with Gasteiger partial charge >= 0.3 is 0 Å². The van der Waals surface area contributed by atoms with Gasteiger partial charge in [-0.3, -0.25) is 0 Å². The number of benzene rings is 1. The van der Waals surface area contributed by atoms with E-state index in [-0.39, 0.29) is 0 Å². The van der Waals surface area contributed by atoms with Crippen LogP contribution in [0, 0.1) is 5.92 Å². The maximum Gasteiger partial charge on any atom is 0.0411 e. The summed E-state index contributed by atoms with van der Waals surface area (Å²) >= 11 is 0. The van der Waals surface area contributed by atoms with Crippen molar-refractivity contribution >= 4 is 5.69 Å². The van der Waals surface area contributed by atoms with Crippen molar-refractivity contribution < 1.29 is 0 Å². The third-order valence-corrected chi connectivity index (χ3v) is 3.74. The van der Waals surface area contributed by atoms with Crippen LogP contribution < -0.4 is 10.2 Å². The zero-order chi connectivity index (χ0) is 13.5. The highest BCUT2D eigenvalue weighted by molar-refractivity contribution is 5.53. The molecular weight excluding hydrogens is 232 g/mol. The summed E-state index contributed by atoms with van der Waals surface area (Å²) in [4.78, 5) is 2.60. The molecule has 2 heteroatoms. The largest absolute Gasteiger partial charge is 0.371 e.